The Morgan fingerprint density at radius 3 is 2.81 bits per heavy atom. The Balaban J connectivity index is 1.92. The van der Waals surface area contributed by atoms with E-state index in [1.54, 1.807) is 11.3 Å². The summed E-state index contributed by atoms with van der Waals surface area (Å²) >= 11 is 8.10. The van der Waals surface area contributed by atoms with Gasteiger partial charge < -0.3 is 9.67 Å². The number of thiophene rings is 1. The van der Waals surface area contributed by atoms with Gasteiger partial charge in [-0.15, -0.1) is 11.3 Å². The first-order valence-corrected chi connectivity index (χ1v) is 10.6. The van der Waals surface area contributed by atoms with Crippen molar-refractivity contribution < 1.29 is 5.11 Å². The zero-order valence-corrected chi connectivity index (χ0v) is 17.1. The average Bonchev–Trinajstić information content (AvgIpc) is 3.32. The second-order valence-corrected chi connectivity index (χ2v) is 8.04. The van der Waals surface area contributed by atoms with Crippen molar-refractivity contribution in [1.82, 2.24) is 9.55 Å². The number of unbranched alkanes of at least 4 members (excludes halogenated alkanes) is 1. The highest BCUT2D eigenvalue weighted by Gasteiger charge is 2.12. The molecule has 0 amide bonds. The summed E-state index contributed by atoms with van der Waals surface area (Å²) in [4.78, 5) is 5.91. The highest BCUT2D eigenvalue weighted by atomic mass is 35.5. The van der Waals surface area contributed by atoms with E-state index in [1.165, 1.54) is 4.88 Å². The fourth-order valence-corrected chi connectivity index (χ4v) is 4.01. The molecule has 3 nitrogen and oxygen atoms in total. The number of aliphatic hydroxyl groups is 1. The Hall–Kier alpha value is -1.88. The van der Waals surface area contributed by atoms with Gasteiger partial charge in [0, 0.05) is 22.7 Å². The Labute approximate surface area is 170 Å². The lowest BCUT2D eigenvalue weighted by Gasteiger charge is -2.13. The van der Waals surface area contributed by atoms with Crippen molar-refractivity contribution in [2.45, 2.75) is 39.2 Å². The molecule has 3 aromatic rings. The SMILES string of the molecule is CCCCc1ncc(C=C(CO)Cc2cccs2)n1Cc1ccccc1Cl. The molecule has 27 heavy (non-hydrogen) atoms. The molecule has 5 heteroatoms. The molecule has 0 aliphatic rings. The molecule has 2 aromatic heterocycles. The van der Waals surface area contributed by atoms with Crippen LogP contribution < -0.4 is 0 Å². The second-order valence-electron chi connectivity index (χ2n) is 6.60. The van der Waals surface area contributed by atoms with E-state index >= 15 is 0 Å². The summed E-state index contributed by atoms with van der Waals surface area (Å²) < 4.78 is 2.22. The zero-order valence-electron chi connectivity index (χ0n) is 15.6. The number of imidazole rings is 1. The topological polar surface area (TPSA) is 38.1 Å². The summed E-state index contributed by atoms with van der Waals surface area (Å²) in [5.41, 5.74) is 3.08. The van der Waals surface area contributed by atoms with Gasteiger partial charge in [-0.3, -0.25) is 0 Å². The minimum absolute atomic E-state index is 0.0411. The number of nitrogens with zero attached hydrogens (tertiary/aromatic N) is 2. The van der Waals surface area contributed by atoms with Crippen molar-refractivity contribution >= 4 is 29.0 Å². The van der Waals surface area contributed by atoms with Crippen LogP contribution in [0.2, 0.25) is 5.02 Å². The summed E-state index contributed by atoms with van der Waals surface area (Å²) in [6.07, 6.45) is 7.91. The van der Waals surface area contributed by atoms with Crippen LogP contribution in [0.3, 0.4) is 0 Å². The first kappa shape index (κ1) is 19.9. The predicted molar refractivity (Wildman–Crippen MR) is 114 cm³/mol. The van der Waals surface area contributed by atoms with Gasteiger partial charge in [-0.25, -0.2) is 4.98 Å². The lowest BCUT2D eigenvalue weighted by atomic mass is 10.1. The largest absolute Gasteiger partial charge is 0.392 e. The van der Waals surface area contributed by atoms with E-state index < -0.39 is 0 Å². The Kier molecular flexibility index (Phi) is 7.27. The van der Waals surface area contributed by atoms with Crippen LogP contribution in [0.15, 0.2) is 53.5 Å². The highest BCUT2D eigenvalue weighted by molar-refractivity contribution is 7.09. The molecule has 1 aromatic carbocycles. The van der Waals surface area contributed by atoms with Gasteiger partial charge in [-0.05, 0) is 41.1 Å². The maximum Gasteiger partial charge on any atom is 0.109 e. The summed E-state index contributed by atoms with van der Waals surface area (Å²) in [6, 6.07) is 12.1. The summed E-state index contributed by atoms with van der Waals surface area (Å²) in [6.45, 7) is 2.91. The van der Waals surface area contributed by atoms with Crippen LogP contribution in [0.25, 0.3) is 6.08 Å². The van der Waals surface area contributed by atoms with Crippen LogP contribution in [0, 0.1) is 0 Å². The molecule has 0 atom stereocenters. The molecular weight excluding hydrogens is 376 g/mol. The van der Waals surface area contributed by atoms with Gasteiger partial charge in [0.25, 0.3) is 0 Å². The Bertz CT molecular complexity index is 884. The lowest BCUT2D eigenvalue weighted by Crippen LogP contribution is -2.08. The third kappa shape index (κ3) is 5.32. The van der Waals surface area contributed by atoms with Crippen molar-refractivity contribution in [3.63, 3.8) is 0 Å². The third-order valence-electron chi connectivity index (χ3n) is 4.55. The summed E-state index contributed by atoms with van der Waals surface area (Å²) in [7, 11) is 0. The smallest absolute Gasteiger partial charge is 0.109 e. The maximum absolute atomic E-state index is 9.84. The standard InChI is InChI=1S/C22H25ClN2OS/c1-2-3-10-22-24-14-19(12-17(16-26)13-20-8-6-11-27-20)25(22)15-18-7-4-5-9-21(18)23/h4-9,11-12,14,26H,2-3,10,13,15-16H2,1H3. The first-order valence-electron chi connectivity index (χ1n) is 9.31. The van der Waals surface area contributed by atoms with E-state index in [-0.39, 0.29) is 6.61 Å². The predicted octanol–water partition coefficient (Wildman–Crippen LogP) is 5.61. The van der Waals surface area contributed by atoms with Crippen molar-refractivity contribution in [1.29, 1.82) is 0 Å². The Morgan fingerprint density at radius 2 is 2.11 bits per heavy atom. The van der Waals surface area contributed by atoms with E-state index in [0.29, 0.717) is 6.54 Å². The number of aliphatic hydroxyl groups excluding tert-OH is 1. The number of aryl methyl sites for hydroxylation is 1. The van der Waals surface area contributed by atoms with Gasteiger partial charge in [-0.2, -0.15) is 0 Å². The van der Waals surface area contributed by atoms with Gasteiger partial charge in [-0.1, -0.05) is 49.2 Å². The normalized spacial score (nSPS) is 11.9. The third-order valence-corrected chi connectivity index (χ3v) is 5.79. The van der Waals surface area contributed by atoms with Gasteiger partial charge in [0.2, 0.25) is 0 Å². The first-order chi connectivity index (χ1) is 13.2. The molecule has 0 saturated heterocycles. The zero-order chi connectivity index (χ0) is 19.1. The van der Waals surface area contributed by atoms with Crippen LogP contribution in [-0.2, 0) is 19.4 Å². The maximum atomic E-state index is 9.84. The van der Waals surface area contributed by atoms with E-state index in [4.69, 9.17) is 11.6 Å². The van der Waals surface area contributed by atoms with E-state index in [9.17, 15) is 5.11 Å². The van der Waals surface area contributed by atoms with Crippen molar-refractivity contribution in [3.8, 4) is 0 Å². The molecule has 0 saturated carbocycles. The summed E-state index contributed by atoms with van der Waals surface area (Å²) in [5, 5.41) is 12.7. The number of rotatable bonds is 9. The molecule has 0 bridgehead atoms. The minimum atomic E-state index is 0.0411. The van der Waals surface area contributed by atoms with Crippen LogP contribution in [0.5, 0.6) is 0 Å². The number of aromatic nitrogens is 2. The molecule has 0 spiro atoms. The average molecular weight is 401 g/mol. The molecule has 3 rings (SSSR count). The van der Waals surface area contributed by atoms with Crippen LogP contribution in [0.1, 0.15) is 41.7 Å². The molecule has 142 valence electrons. The minimum Gasteiger partial charge on any atom is -0.392 e. The molecular formula is C22H25ClN2OS. The Morgan fingerprint density at radius 1 is 1.26 bits per heavy atom. The molecule has 0 aliphatic carbocycles. The number of halogens is 1. The molecule has 1 N–H and O–H groups in total. The number of benzene rings is 1. The monoisotopic (exact) mass is 400 g/mol. The van der Waals surface area contributed by atoms with Crippen molar-refractivity contribution in [2.75, 3.05) is 6.61 Å². The van der Waals surface area contributed by atoms with E-state index in [1.807, 2.05) is 30.5 Å². The van der Waals surface area contributed by atoms with Crippen molar-refractivity contribution in [2.24, 2.45) is 0 Å². The van der Waals surface area contributed by atoms with Crippen LogP contribution in [0.4, 0.5) is 0 Å². The fraction of sp³-hybridized carbons (Fsp3) is 0.318. The molecule has 2 heterocycles. The van der Waals surface area contributed by atoms with Gasteiger partial charge in [0.05, 0.1) is 25.0 Å². The van der Waals surface area contributed by atoms with Gasteiger partial charge in [0.15, 0.2) is 0 Å². The number of hydrogen-bond acceptors (Lipinski definition) is 3. The van der Waals surface area contributed by atoms with Crippen LogP contribution in [-0.4, -0.2) is 21.3 Å². The molecule has 0 fully saturated rings. The van der Waals surface area contributed by atoms with Crippen molar-refractivity contribution in [3.05, 3.63) is 80.5 Å². The van der Waals surface area contributed by atoms with Gasteiger partial charge >= 0.3 is 0 Å². The summed E-state index contributed by atoms with van der Waals surface area (Å²) in [5.74, 6) is 1.07. The van der Waals surface area contributed by atoms with E-state index in [2.05, 4.69) is 40.1 Å². The highest BCUT2D eigenvalue weighted by Crippen LogP contribution is 2.22. The van der Waals surface area contributed by atoms with E-state index in [0.717, 1.165) is 53.4 Å². The number of hydrogen-bond donors (Lipinski definition) is 1. The molecule has 0 unspecified atom stereocenters. The quantitative estimate of drug-likeness (QED) is 0.507. The molecule has 0 aliphatic heterocycles. The van der Waals surface area contributed by atoms with Crippen LogP contribution >= 0.6 is 22.9 Å². The fourth-order valence-electron chi connectivity index (χ4n) is 3.06. The molecule has 0 radical (unpaired) electrons. The lowest BCUT2D eigenvalue weighted by molar-refractivity contribution is 0.329. The van der Waals surface area contributed by atoms with Gasteiger partial charge in [0.1, 0.15) is 5.82 Å². The second kappa shape index (κ2) is 9.88.